The van der Waals surface area contributed by atoms with Crippen molar-refractivity contribution in [1.29, 1.82) is 0 Å². The molecule has 0 unspecified atom stereocenters. The van der Waals surface area contributed by atoms with Gasteiger partial charge in [-0.2, -0.15) is 0 Å². The number of hydrogen-bond acceptors (Lipinski definition) is 2. The van der Waals surface area contributed by atoms with E-state index in [1.165, 1.54) is 25.7 Å². The van der Waals surface area contributed by atoms with E-state index in [9.17, 15) is 5.11 Å². The van der Waals surface area contributed by atoms with E-state index in [1.54, 1.807) is 0 Å². The monoisotopic (exact) mass is 211 g/mol. The molecule has 2 heteroatoms. The molecule has 2 aliphatic carbocycles. The summed E-state index contributed by atoms with van der Waals surface area (Å²) in [4.78, 5) is 0. The molecular formula is C13H25NO. The number of rotatable bonds is 1. The van der Waals surface area contributed by atoms with Crippen LogP contribution in [0.2, 0.25) is 0 Å². The van der Waals surface area contributed by atoms with Crippen molar-refractivity contribution in [3.63, 3.8) is 0 Å². The van der Waals surface area contributed by atoms with Gasteiger partial charge in [0.25, 0.3) is 0 Å². The summed E-state index contributed by atoms with van der Waals surface area (Å²) in [6.45, 7) is 2.33. The van der Waals surface area contributed by atoms with Gasteiger partial charge in [-0.1, -0.05) is 19.8 Å². The summed E-state index contributed by atoms with van der Waals surface area (Å²) in [5.41, 5.74) is 5.53. The molecule has 0 heterocycles. The molecule has 0 amide bonds. The van der Waals surface area contributed by atoms with E-state index in [1.807, 2.05) is 0 Å². The fraction of sp³-hybridized carbons (Fsp3) is 1.00. The summed E-state index contributed by atoms with van der Waals surface area (Å²) >= 11 is 0. The first-order valence-electron chi connectivity index (χ1n) is 6.58. The zero-order valence-corrected chi connectivity index (χ0v) is 9.91. The van der Waals surface area contributed by atoms with Crippen molar-refractivity contribution < 1.29 is 5.11 Å². The van der Waals surface area contributed by atoms with Crippen LogP contribution in [0.25, 0.3) is 0 Å². The van der Waals surface area contributed by atoms with Crippen LogP contribution in [0.15, 0.2) is 0 Å². The lowest BCUT2D eigenvalue weighted by Gasteiger charge is -2.43. The Balaban J connectivity index is 1.91. The highest BCUT2D eigenvalue weighted by Gasteiger charge is 2.40. The summed E-state index contributed by atoms with van der Waals surface area (Å²) in [6, 6.07) is 0.341. The molecule has 0 aromatic carbocycles. The van der Waals surface area contributed by atoms with Crippen molar-refractivity contribution in [3.05, 3.63) is 0 Å². The maximum Gasteiger partial charge on any atom is 0.0677 e. The Morgan fingerprint density at radius 2 is 1.53 bits per heavy atom. The molecule has 0 saturated heterocycles. The van der Waals surface area contributed by atoms with Crippen molar-refractivity contribution >= 4 is 0 Å². The van der Waals surface area contributed by atoms with E-state index < -0.39 is 0 Å². The zero-order valence-electron chi connectivity index (χ0n) is 9.91. The lowest BCUT2D eigenvalue weighted by atomic mass is 9.67. The summed E-state index contributed by atoms with van der Waals surface area (Å²) < 4.78 is 0. The van der Waals surface area contributed by atoms with Gasteiger partial charge < -0.3 is 10.8 Å². The van der Waals surface area contributed by atoms with E-state index >= 15 is 0 Å². The van der Waals surface area contributed by atoms with Gasteiger partial charge in [0.2, 0.25) is 0 Å². The van der Waals surface area contributed by atoms with Gasteiger partial charge in [-0.15, -0.1) is 0 Å². The van der Waals surface area contributed by atoms with Crippen LogP contribution in [0.5, 0.6) is 0 Å². The largest absolute Gasteiger partial charge is 0.390 e. The first kappa shape index (κ1) is 11.4. The summed E-state index contributed by atoms with van der Waals surface area (Å²) in [5, 5.41) is 10.6. The van der Waals surface area contributed by atoms with Gasteiger partial charge in [-0.05, 0) is 50.4 Å². The van der Waals surface area contributed by atoms with E-state index in [0.29, 0.717) is 12.0 Å². The maximum absolute atomic E-state index is 10.6. The van der Waals surface area contributed by atoms with Gasteiger partial charge in [0.15, 0.2) is 0 Å². The third-order valence-corrected chi connectivity index (χ3v) is 4.67. The molecule has 0 aliphatic heterocycles. The standard InChI is InChI=1S/C13H25NO/c1-10-2-4-11(5-3-10)13(15)8-6-12(14)7-9-13/h10-12,15H,2-9,14H2,1H3. The first-order chi connectivity index (χ1) is 7.10. The predicted octanol–water partition coefficient (Wildman–Crippen LogP) is 2.45. The van der Waals surface area contributed by atoms with Gasteiger partial charge >= 0.3 is 0 Å². The van der Waals surface area contributed by atoms with Gasteiger partial charge in [-0.25, -0.2) is 0 Å². The molecule has 2 saturated carbocycles. The lowest BCUT2D eigenvalue weighted by Crippen LogP contribution is -2.45. The number of hydrogen-bond donors (Lipinski definition) is 2. The Hall–Kier alpha value is -0.0800. The van der Waals surface area contributed by atoms with Crippen LogP contribution in [-0.4, -0.2) is 16.7 Å². The van der Waals surface area contributed by atoms with Crippen LogP contribution in [0.3, 0.4) is 0 Å². The average Bonchev–Trinajstić information content (AvgIpc) is 2.24. The van der Waals surface area contributed by atoms with Crippen molar-refractivity contribution in [3.8, 4) is 0 Å². The van der Waals surface area contributed by atoms with Crippen molar-refractivity contribution in [1.82, 2.24) is 0 Å². The Bertz CT molecular complexity index is 201. The molecule has 88 valence electrons. The highest BCUT2D eigenvalue weighted by atomic mass is 16.3. The molecule has 0 aromatic heterocycles. The van der Waals surface area contributed by atoms with Crippen molar-refractivity contribution in [2.24, 2.45) is 17.6 Å². The van der Waals surface area contributed by atoms with Crippen LogP contribution in [0.4, 0.5) is 0 Å². The third kappa shape index (κ3) is 2.54. The zero-order chi connectivity index (χ0) is 10.9. The molecule has 15 heavy (non-hydrogen) atoms. The minimum absolute atomic E-state index is 0.341. The Morgan fingerprint density at radius 3 is 2.07 bits per heavy atom. The lowest BCUT2D eigenvalue weighted by molar-refractivity contribution is -0.0674. The number of aliphatic hydroxyl groups is 1. The highest BCUT2D eigenvalue weighted by Crippen LogP contribution is 2.42. The van der Waals surface area contributed by atoms with Crippen LogP contribution in [0, 0.1) is 11.8 Å². The molecule has 2 rings (SSSR count). The minimum Gasteiger partial charge on any atom is -0.390 e. The van der Waals surface area contributed by atoms with Crippen molar-refractivity contribution in [2.75, 3.05) is 0 Å². The number of nitrogens with two attached hydrogens (primary N) is 1. The van der Waals surface area contributed by atoms with Crippen molar-refractivity contribution in [2.45, 2.75) is 69.9 Å². The fourth-order valence-electron chi connectivity index (χ4n) is 3.35. The molecule has 0 aromatic rings. The van der Waals surface area contributed by atoms with Gasteiger partial charge in [0.05, 0.1) is 5.60 Å². The van der Waals surface area contributed by atoms with Crippen LogP contribution >= 0.6 is 0 Å². The Morgan fingerprint density at radius 1 is 1.00 bits per heavy atom. The van der Waals surface area contributed by atoms with E-state index in [-0.39, 0.29) is 5.60 Å². The molecule has 2 fully saturated rings. The SMILES string of the molecule is CC1CCC(C2(O)CCC(N)CC2)CC1. The topological polar surface area (TPSA) is 46.2 Å². The van der Waals surface area contributed by atoms with Crippen LogP contribution in [-0.2, 0) is 0 Å². The third-order valence-electron chi connectivity index (χ3n) is 4.67. The summed E-state index contributed by atoms with van der Waals surface area (Å²) in [6.07, 6.45) is 8.98. The van der Waals surface area contributed by atoms with E-state index in [2.05, 4.69) is 6.92 Å². The molecule has 2 nitrogen and oxygen atoms in total. The quantitative estimate of drug-likeness (QED) is 0.700. The smallest absolute Gasteiger partial charge is 0.0677 e. The highest BCUT2D eigenvalue weighted by molar-refractivity contribution is 4.93. The summed E-state index contributed by atoms with van der Waals surface area (Å²) in [5.74, 6) is 1.43. The minimum atomic E-state index is -0.365. The Kier molecular flexibility index (Phi) is 3.36. The first-order valence-corrected chi connectivity index (χ1v) is 6.58. The maximum atomic E-state index is 10.6. The fourth-order valence-corrected chi connectivity index (χ4v) is 3.35. The molecule has 0 bridgehead atoms. The Labute approximate surface area is 93.2 Å². The molecule has 0 atom stereocenters. The second kappa shape index (κ2) is 4.42. The second-order valence-electron chi connectivity index (χ2n) is 5.90. The van der Waals surface area contributed by atoms with Gasteiger partial charge in [-0.3, -0.25) is 0 Å². The van der Waals surface area contributed by atoms with Gasteiger partial charge in [0.1, 0.15) is 0 Å². The predicted molar refractivity (Wildman–Crippen MR) is 62.5 cm³/mol. The molecule has 0 spiro atoms. The van der Waals surface area contributed by atoms with Crippen LogP contribution in [0.1, 0.15) is 58.3 Å². The van der Waals surface area contributed by atoms with Crippen LogP contribution < -0.4 is 5.73 Å². The molecule has 3 N–H and O–H groups in total. The average molecular weight is 211 g/mol. The molecule has 0 radical (unpaired) electrons. The van der Waals surface area contributed by atoms with E-state index in [0.717, 1.165) is 31.6 Å². The van der Waals surface area contributed by atoms with E-state index in [4.69, 9.17) is 5.73 Å². The second-order valence-corrected chi connectivity index (χ2v) is 5.90. The van der Waals surface area contributed by atoms with Gasteiger partial charge in [0, 0.05) is 6.04 Å². The molecule has 2 aliphatic rings. The normalized spacial score (nSPS) is 47.8. The molecular weight excluding hydrogens is 186 g/mol. The summed E-state index contributed by atoms with van der Waals surface area (Å²) in [7, 11) is 0.